The molecule has 1 saturated heterocycles. The second kappa shape index (κ2) is 7.02. The summed E-state index contributed by atoms with van der Waals surface area (Å²) < 4.78 is 0. The Hall–Kier alpha value is -1.17. The molecule has 1 heterocycles. The first-order chi connectivity index (χ1) is 9.56. The van der Waals surface area contributed by atoms with Crippen molar-refractivity contribution in [3.05, 3.63) is 34.9 Å². The van der Waals surface area contributed by atoms with Gasteiger partial charge in [-0.15, -0.1) is 0 Å². The lowest BCUT2D eigenvalue weighted by Gasteiger charge is -2.32. The molecule has 0 bridgehead atoms. The standard InChI is InChI=1S/C14H18ClN3OS/c15-12-4-2-1-3-11(12)14(19)17-10-5-7-18(8-6-10)9-13(16)20/h1-4,10H,5-9H2,(H2,16,20)(H,17,19). The lowest BCUT2D eigenvalue weighted by molar-refractivity contribution is 0.0915. The molecule has 0 atom stereocenters. The minimum Gasteiger partial charge on any atom is -0.392 e. The predicted molar refractivity (Wildman–Crippen MR) is 85.2 cm³/mol. The summed E-state index contributed by atoms with van der Waals surface area (Å²) in [7, 11) is 0. The van der Waals surface area contributed by atoms with Crippen molar-refractivity contribution in [1.82, 2.24) is 10.2 Å². The molecule has 0 aliphatic carbocycles. The number of likely N-dealkylation sites (tertiary alicyclic amines) is 1. The Kier molecular flexibility index (Phi) is 5.34. The number of thiocarbonyl (C=S) groups is 1. The van der Waals surface area contributed by atoms with Crippen LogP contribution in [-0.4, -0.2) is 41.5 Å². The smallest absolute Gasteiger partial charge is 0.253 e. The number of hydrogen-bond donors (Lipinski definition) is 2. The van der Waals surface area contributed by atoms with Gasteiger partial charge in [0.05, 0.1) is 15.6 Å². The summed E-state index contributed by atoms with van der Waals surface area (Å²) in [6.45, 7) is 2.44. The van der Waals surface area contributed by atoms with Crippen LogP contribution in [0.3, 0.4) is 0 Å². The van der Waals surface area contributed by atoms with E-state index in [1.807, 2.05) is 12.1 Å². The van der Waals surface area contributed by atoms with E-state index in [2.05, 4.69) is 10.2 Å². The van der Waals surface area contributed by atoms with Crippen molar-refractivity contribution in [1.29, 1.82) is 0 Å². The van der Waals surface area contributed by atoms with Crippen molar-refractivity contribution in [3.8, 4) is 0 Å². The van der Waals surface area contributed by atoms with Crippen LogP contribution in [-0.2, 0) is 0 Å². The Morgan fingerprint density at radius 1 is 1.40 bits per heavy atom. The van der Waals surface area contributed by atoms with Gasteiger partial charge >= 0.3 is 0 Å². The van der Waals surface area contributed by atoms with Crippen LogP contribution in [0.25, 0.3) is 0 Å². The molecule has 108 valence electrons. The van der Waals surface area contributed by atoms with Crippen molar-refractivity contribution in [2.24, 2.45) is 5.73 Å². The topological polar surface area (TPSA) is 58.4 Å². The van der Waals surface area contributed by atoms with Crippen LogP contribution in [0, 0.1) is 0 Å². The van der Waals surface area contributed by atoms with Gasteiger partial charge in [0.1, 0.15) is 0 Å². The number of nitrogens with one attached hydrogen (secondary N) is 1. The van der Waals surface area contributed by atoms with E-state index in [1.54, 1.807) is 12.1 Å². The number of carbonyl (C=O) groups is 1. The summed E-state index contributed by atoms with van der Waals surface area (Å²) >= 11 is 10.9. The highest BCUT2D eigenvalue weighted by molar-refractivity contribution is 7.80. The van der Waals surface area contributed by atoms with E-state index >= 15 is 0 Å². The molecule has 1 aliphatic rings. The number of piperidine rings is 1. The maximum Gasteiger partial charge on any atom is 0.253 e. The molecule has 20 heavy (non-hydrogen) atoms. The molecule has 0 unspecified atom stereocenters. The zero-order valence-electron chi connectivity index (χ0n) is 11.1. The highest BCUT2D eigenvalue weighted by Gasteiger charge is 2.21. The first kappa shape index (κ1) is 15.2. The third-order valence-electron chi connectivity index (χ3n) is 3.42. The second-order valence-corrected chi connectivity index (χ2v) is 5.90. The van der Waals surface area contributed by atoms with E-state index in [0.717, 1.165) is 25.9 Å². The van der Waals surface area contributed by atoms with Gasteiger partial charge in [0, 0.05) is 25.7 Å². The van der Waals surface area contributed by atoms with Gasteiger partial charge in [0.2, 0.25) is 0 Å². The van der Waals surface area contributed by atoms with Gasteiger partial charge in [0.25, 0.3) is 5.91 Å². The number of halogens is 1. The Balaban J connectivity index is 1.85. The third kappa shape index (κ3) is 4.16. The summed E-state index contributed by atoms with van der Waals surface area (Å²) in [5.41, 5.74) is 6.06. The van der Waals surface area contributed by atoms with Gasteiger partial charge in [-0.1, -0.05) is 36.0 Å². The molecule has 6 heteroatoms. The molecule has 0 spiro atoms. The lowest BCUT2D eigenvalue weighted by Crippen LogP contribution is -2.46. The number of hydrogen-bond acceptors (Lipinski definition) is 3. The van der Waals surface area contributed by atoms with Gasteiger partial charge in [-0.3, -0.25) is 9.69 Å². The van der Waals surface area contributed by atoms with Gasteiger partial charge in [-0.25, -0.2) is 0 Å². The first-order valence-electron chi connectivity index (χ1n) is 6.62. The summed E-state index contributed by atoms with van der Waals surface area (Å²) in [5, 5.41) is 3.52. The SMILES string of the molecule is NC(=S)CN1CCC(NC(=O)c2ccccc2Cl)CC1. The largest absolute Gasteiger partial charge is 0.392 e. The highest BCUT2D eigenvalue weighted by Crippen LogP contribution is 2.16. The van der Waals surface area contributed by atoms with Gasteiger partial charge < -0.3 is 11.1 Å². The Morgan fingerprint density at radius 2 is 2.05 bits per heavy atom. The number of rotatable bonds is 4. The molecule has 1 aromatic carbocycles. The maximum atomic E-state index is 12.1. The molecule has 0 radical (unpaired) electrons. The fourth-order valence-corrected chi connectivity index (χ4v) is 2.77. The fourth-order valence-electron chi connectivity index (χ4n) is 2.36. The lowest BCUT2D eigenvalue weighted by atomic mass is 10.0. The number of amides is 1. The zero-order chi connectivity index (χ0) is 14.5. The molecule has 2 rings (SSSR count). The van der Waals surface area contributed by atoms with Crippen molar-refractivity contribution < 1.29 is 4.79 Å². The predicted octanol–water partition coefficient (Wildman–Crippen LogP) is 1.82. The fraction of sp³-hybridized carbons (Fsp3) is 0.429. The molecule has 4 nitrogen and oxygen atoms in total. The van der Waals surface area contributed by atoms with Gasteiger partial charge in [0.15, 0.2) is 0 Å². The van der Waals surface area contributed by atoms with Crippen molar-refractivity contribution in [2.75, 3.05) is 19.6 Å². The van der Waals surface area contributed by atoms with Crippen LogP contribution >= 0.6 is 23.8 Å². The van der Waals surface area contributed by atoms with Crippen LogP contribution in [0.2, 0.25) is 5.02 Å². The molecular formula is C14H18ClN3OS. The van der Waals surface area contributed by atoms with Gasteiger partial charge in [-0.2, -0.15) is 0 Å². The third-order valence-corrected chi connectivity index (χ3v) is 3.88. The van der Waals surface area contributed by atoms with Crippen LogP contribution in [0.4, 0.5) is 0 Å². The van der Waals surface area contributed by atoms with E-state index in [9.17, 15) is 4.79 Å². The van der Waals surface area contributed by atoms with E-state index in [4.69, 9.17) is 29.6 Å². The van der Waals surface area contributed by atoms with E-state index in [1.165, 1.54) is 0 Å². The average molecular weight is 312 g/mol. The minimum atomic E-state index is -0.108. The van der Waals surface area contributed by atoms with E-state index in [0.29, 0.717) is 22.1 Å². The summed E-state index contributed by atoms with van der Waals surface area (Å²) in [6.07, 6.45) is 1.80. The Labute approximate surface area is 129 Å². The molecule has 1 aliphatic heterocycles. The number of nitrogens with zero attached hydrogens (tertiary/aromatic N) is 1. The van der Waals surface area contributed by atoms with Crippen LogP contribution in [0.1, 0.15) is 23.2 Å². The molecule has 1 amide bonds. The Morgan fingerprint density at radius 3 is 2.65 bits per heavy atom. The highest BCUT2D eigenvalue weighted by atomic mass is 35.5. The quantitative estimate of drug-likeness (QED) is 0.833. The summed E-state index contributed by atoms with van der Waals surface area (Å²) in [5.74, 6) is -0.108. The monoisotopic (exact) mass is 311 g/mol. The maximum absolute atomic E-state index is 12.1. The number of carbonyl (C=O) groups excluding carboxylic acids is 1. The first-order valence-corrected chi connectivity index (χ1v) is 7.41. The second-order valence-electron chi connectivity index (χ2n) is 4.97. The molecule has 1 aromatic rings. The summed E-state index contributed by atoms with van der Waals surface area (Å²) in [4.78, 5) is 14.9. The molecule has 1 fully saturated rings. The molecule has 0 aromatic heterocycles. The van der Waals surface area contributed by atoms with Crippen molar-refractivity contribution in [3.63, 3.8) is 0 Å². The average Bonchev–Trinajstić information content (AvgIpc) is 2.41. The molecule has 3 N–H and O–H groups in total. The van der Waals surface area contributed by atoms with Crippen LogP contribution in [0.15, 0.2) is 24.3 Å². The van der Waals surface area contributed by atoms with Gasteiger partial charge in [-0.05, 0) is 25.0 Å². The van der Waals surface area contributed by atoms with Crippen molar-refractivity contribution >= 4 is 34.7 Å². The minimum absolute atomic E-state index is 0.108. The van der Waals surface area contributed by atoms with E-state index in [-0.39, 0.29) is 11.9 Å². The number of benzene rings is 1. The zero-order valence-corrected chi connectivity index (χ0v) is 12.7. The molecule has 0 saturated carbocycles. The normalized spacial score (nSPS) is 16.9. The van der Waals surface area contributed by atoms with Crippen LogP contribution in [0.5, 0.6) is 0 Å². The summed E-state index contributed by atoms with van der Waals surface area (Å²) in [6, 6.07) is 7.26. The molecular weight excluding hydrogens is 294 g/mol. The van der Waals surface area contributed by atoms with Crippen LogP contribution < -0.4 is 11.1 Å². The van der Waals surface area contributed by atoms with E-state index < -0.39 is 0 Å². The van der Waals surface area contributed by atoms with Crippen molar-refractivity contribution in [2.45, 2.75) is 18.9 Å². The Bertz CT molecular complexity index is 501. The number of nitrogens with two attached hydrogens (primary N) is 1.